The lowest BCUT2D eigenvalue weighted by atomic mass is 10.0. The Morgan fingerprint density at radius 2 is 1.90 bits per heavy atom. The molecule has 0 amide bonds. The van der Waals surface area contributed by atoms with Crippen molar-refractivity contribution < 1.29 is 21.6 Å². The number of nitrogens with one attached hydrogen (secondary N) is 1. The first-order valence-corrected chi connectivity index (χ1v) is 8.94. The van der Waals surface area contributed by atoms with Gasteiger partial charge < -0.3 is 0 Å². The maximum Gasteiger partial charge on any atom is 0.416 e. The van der Waals surface area contributed by atoms with Gasteiger partial charge in [-0.05, 0) is 30.5 Å². The van der Waals surface area contributed by atoms with Crippen LogP contribution in [0.5, 0.6) is 0 Å². The normalized spacial score (nSPS) is 14.4. The monoisotopic (exact) mass is 387 g/mol. The topological polar surface area (TPSA) is 46.2 Å². The summed E-state index contributed by atoms with van der Waals surface area (Å²) in [5, 5.41) is 0.598. The third kappa shape index (κ3) is 5.27. The molecule has 1 aromatic carbocycles. The average Bonchev–Trinajstić information content (AvgIpc) is 2.37. The standard InChI is InChI=1S/C13H17BrF3NO2S/c1-9(2)12(6-7-14)18-21(19,20)11-5-3-4-10(8-11)13(15,16)17/h3-5,8-9,12,18H,6-7H2,1-2H3. The SMILES string of the molecule is CC(C)C(CCBr)NS(=O)(=O)c1cccc(C(F)(F)F)c1. The van der Waals surface area contributed by atoms with E-state index < -0.39 is 21.8 Å². The molecule has 0 spiro atoms. The number of alkyl halides is 4. The van der Waals surface area contributed by atoms with Gasteiger partial charge in [-0.25, -0.2) is 13.1 Å². The van der Waals surface area contributed by atoms with Crippen molar-refractivity contribution in [3.05, 3.63) is 29.8 Å². The Morgan fingerprint density at radius 1 is 1.29 bits per heavy atom. The van der Waals surface area contributed by atoms with Crippen molar-refractivity contribution in [2.75, 3.05) is 5.33 Å². The summed E-state index contributed by atoms with van der Waals surface area (Å²) in [6.07, 6.45) is -4.02. The van der Waals surface area contributed by atoms with E-state index in [1.165, 1.54) is 0 Å². The molecule has 0 bridgehead atoms. The van der Waals surface area contributed by atoms with E-state index in [2.05, 4.69) is 20.7 Å². The zero-order valence-electron chi connectivity index (χ0n) is 11.6. The summed E-state index contributed by atoms with van der Waals surface area (Å²) in [6.45, 7) is 3.70. The van der Waals surface area contributed by atoms with E-state index >= 15 is 0 Å². The van der Waals surface area contributed by atoms with Gasteiger partial charge in [-0.1, -0.05) is 35.8 Å². The van der Waals surface area contributed by atoms with E-state index in [4.69, 9.17) is 0 Å². The quantitative estimate of drug-likeness (QED) is 0.754. The zero-order valence-corrected chi connectivity index (χ0v) is 14.0. The molecule has 1 N–H and O–H groups in total. The maximum atomic E-state index is 12.6. The average molecular weight is 388 g/mol. The number of rotatable bonds is 6. The van der Waals surface area contributed by atoms with E-state index in [-0.39, 0.29) is 16.9 Å². The summed E-state index contributed by atoms with van der Waals surface area (Å²) in [7, 11) is -3.98. The summed E-state index contributed by atoms with van der Waals surface area (Å²) in [5.41, 5.74) is -0.980. The second-order valence-electron chi connectivity index (χ2n) is 4.98. The maximum absolute atomic E-state index is 12.6. The molecule has 0 aliphatic heterocycles. The first kappa shape index (κ1) is 18.4. The Morgan fingerprint density at radius 3 is 2.38 bits per heavy atom. The number of hydrogen-bond acceptors (Lipinski definition) is 2. The van der Waals surface area contributed by atoms with Crippen LogP contribution in [0.1, 0.15) is 25.8 Å². The third-order valence-corrected chi connectivity index (χ3v) is 4.95. The Bertz CT molecular complexity index is 573. The summed E-state index contributed by atoms with van der Waals surface area (Å²) >= 11 is 3.24. The van der Waals surface area contributed by atoms with Crippen molar-refractivity contribution in [1.29, 1.82) is 0 Å². The molecule has 120 valence electrons. The Hall–Kier alpha value is -0.600. The van der Waals surface area contributed by atoms with E-state index in [9.17, 15) is 21.6 Å². The Balaban J connectivity index is 3.08. The summed E-state index contributed by atoms with van der Waals surface area (Å²) in [4.78, 5) is -0.377. The van der Waals surface area contributed by atoms with Gasteiger partial charge in [0.2, 0.25) is 10.0 Å². The van der Waals surface area contributed by atoms with Crippen LogP contribution in [0.2, 0.25) is 0 Å². The van der Waals surface area contributed by atoms with Crippen molar-refractivity contribution in [3.8, 4) is 0 Å². The highest BCUT2D eigenvalue weighted by Crippen LogP contribution is 2.30. The molecule has 0 fully saturated rings. The van der Waals surface area contributed by atoms with E-state index in [1.54, 1.807) is 0 Å². The predicted molar refractivity (Wildman–Crippen MR) is 78.8 cm³/mol. The smallest absolute Gasteiger partial charge is 0.208 e. The van der Waals surface area contributed by atoms with Crippen molar-refractivity contribution in [2.45, 2.75) is 37.4 Å². The van der Waals surface area contributed by atoms with Crippen LogP contribution in [-0.4, -0.2) is 19.8 Å². The molecule has 1 unspecified atom stereocenters. The lowest BCUT2D eigenvalue weighted by Crippen LogP contribution is -2.38. The molecule has 1 atom stereocenters. The second kappa shape index (κ2) is 7.11. The van der Waals surface area contributed by atoms with E-state index in [0.717, 1.165) is 18.2 Å². The van der Waals surface area contributed by atoms with E-state index in [0.29, 0.717) is 17.8 Å². The second-order valence-corrected chi connectivity index (χ2v) is 7.48. The van der Waals surface area contributed by atoms with Gasteiger partial charge in [-0.3, -0.25) is 0 Å². The Kier molecular flexibility index (Phi) is 6.24. The van der Waals surface area contributed by atoms with Gasteiger partial charge in [-0.15, -0.1) is 0 Å². The van der Waals surface area contributed by atoms with Crippen molar-refractivity contribution in [1.82, 2.24) is 4.72 Å². The summed E-state index contributed by atoms with van der Waals surface area (Å²) in [5.74, 6) is 0.0307. The van der Waals surface area contributed by atoms with Gasteiger partial charge in [0.25, 0.3) is 0 Å². The number of hydrogen-bond donors (Lipinski definition) is 1. The fourth-order valence-electron chi connectivity index (χ4n) is 1.75. The number of benzene rings is 1. The minimum Gasteiger partial charge on any atom is -0.208 e. The molecule has 21 heavy (non-hydrogen) atoms. The van der Waals surface area contributed by atoms with Crippen LogP contribution in [0.25, 0.3) is 0 Å². The lowest BCUT2D eigenvalue weighted by molar-refractivity contribution is -0.137. The molecule has 0 saturated heterocycles. The van der Waals surface area contributed by atoms with Gasteiger partial charge in [0, 0.05) is 11.4 Å². The van der Waals surface area contributed by atoms with Crippen LogP contribution in [0, 0.1) is 5.92 Å². The van der Waals surface area contributed by atoms with E-state index in [1.807, 2.05) is 13.8 Å². The predicted octanol–water partition coefficient (Wildman–Crippen LogP) is 3.79. The van der Waals surface area contributed by atoms with Crippen LogP contribution in [0.3, 0.4) is 0 Å². The summed E-state index contributed by atoms with van der Waals surface area (Å²) in [6, 6.07) is 3.39. The highest BCUT2D eigenvalue weighted by Gasteiger charge is 2.32. The van der Waals surface area contributed by atoms with Gasteiger partial charge >= 0.3 is 6.18 Å². The molecule has 0 saturated carbocycles. The van der Waals surface area contributed by atoms with Gasteiger partial charge in [0.05, 0.1) is 10.5 Å². The van der Waals surface area contributed by atoms with Gasteiger partial charge in [-0.2, -0.15) is 13.2 Å². The van der Waals surface area contributed by atoms with Crippen molar-refractivity contribution >= 4 is 26.0 Å². The number of sulfonamides is 1. The first-order chi connectivity index (χ1) is 9.58. The number of halogens is 4. The first-order valence-electron chi connectivity index (χ1n) is 6.33. The third-order valence-electron chi connectivity index (χ3n) is 3.00. The van der Waals surface area contributed by atoms with Crippen LogP contribution in [0.4, 0.5) is 13.2 Å². The van der Waals surface area contributed by atoms with Crippen LogP contribution in [0.15, 0.2) is 29.2 Å². The zero-order chi connectivity index (χ0) is 16.3. The highest BCUT2D eigenvalue weighted by molar-refractivity contribution is 9.09. The molecular formula is C13H17BrF3NO2S. The molecule has 0 aliphatic carbocycles. The molecule has 0 radical (unpaired) electrons. The Labute approximate surface area is 131 Å². The molecular weight excluding hydrogens is 371 g/mol. The minimum absolute atomic E-state index is 0.0307. The largest absolute Gasteiger partial charge is 0.416 e. The molecule has 0 aromatic heterocycles. The molecule has 0 aliphatic rings. The molecule has 1 aromatic rings. The highest BCUT2D eigenvalue weighted by atomic mass is 79.9. The van der Waals surface area contributed by atoms with Gasteiger partial charge in [0.15, 0.2) is 0 Å². The van der Waals surface area contributed by atoms with Gasteiger partial charge in [0.1, 0.15) is 0 Å². The van der Waals surface area contributed by atoms with Crippen molar-refractivity contribution in [3.63, 3.8) is 0 Å². The molecule has 8 heteroatoms. The summed E-state index contributed by atoms with van der Waals surface area (Å²) < 4.78 is 64.8. The van der Waals surface area contributed by atoms with Crippen molar-refractivity contribution in [2.24, 2.45) is 5.92 Å². The minimum atomic E-state index is -4.57. The fourth-order valence-corrected chi connectivity index (χ4v) is 3.71. The van der Waals surface area contributed by atoms with Crippen LogP contribution in [-0.2, 0) is 16.2 Å². The lowest BCUT2D eigenvalue weighted by Gasteiger charge is -2.21. The molecule has 3 nitrogen and oxygen atoms in total. The fraction of sp³-hybridized carbons (Fsp3) is 0.538. The van der Waals surface area contributed by atoms with Crippen LogP contribution >= 0.6 is 15.9 Å². The molecule has 0 heterocycles. The molecule has 1 rings (SSSR count). The van der Waals surface area contributed by atoms with Crippen LogP contribution < -0.4 is 4.72 Å².